The first-order chi connectivity index (χ1) is 24.8. The number of para-hydroxylation sites is 1. The first-order valence-electron chi connectivity index (χ1n) is 17.0. The summed E-state index contributed by atoms with van der Waals surface area (Å²) in [7, 11) is 0. The standard InChI is InChI=1S/C45H30N4O/c1-2-13-29(14-3-1)42-47-43(49-44(48-42)39-22-10-11-26-46-39)32-16-12-15-30(27-32)31-24-25-41-38(28-31)45(37-21-8-9-23-40(37)50-41)35-19-6-4-17-33(35)34-18-5-7-20-36(34)45/h1-23,26-28H,24-25H2. The molecule has 50 heavy (non-hydrogen) atoms. The van der Waals surface area contributed by atoms with Crippen LogP contribution in [0.15, 0.2) is 169 Å². The molecule has 1 aliphatic heterocycles. The lowest BCUT2D eigenvalue weighted by atomic mass is 9.64. The molecule has 0 atom stereocenters. The molecule has 0 radical (unpaired) electrons. The van der Waals surface area contributed by atoms with Crippen molar-refractivity contribution in [1.82, 2.24) is 19.9 Å². The van der Waals surface area contributed by atoms with Crippen molar-refractivity contribution in [3.8, 4) is 51.2 Å². The fraction of sp³-hybridized carbons (Fsp3) is 0.0667. The number of hydrogen-bond acceptors (Lipinski definition) is 5. The molecule has 0 saturated carbocycles. The van der Waals surface area contributed by atoms with E-state index in [-0.39, 0.29) is 0 Å². The van der Waals surface area contributed by atoms with E-state index in [2.05, 4.69) is 108 Å². The molecule has 0 unspecified atom stereocenters. The average Bonchev–Trinajstić information content (AvgIpc) is 3.49. The minimum Gasteiger partial charge on any atom is -0.461 e. The predicted octanol–water partition coefficient (Wildman–Crippen LogP) is 10.1. The van der Waals surface area contributed by atoms with Crippen molar-refractivity contribution in [3.05, 3.63) is 191 Å². The molecule has 236 valence electrons. The van der Waals surface area contributed by atoms with Gasteiger partial charge in [-0.15, -0.1) is 0 Å². The second kappa shape index (κ2) is 11.3. The highest BCUT2D eigenvalue weighted by Crippen LogP contribution is 2.62. The van der Waals surface area contributed by atoms with Crippen molar-refractivity contribution in [3.63, 3.8) is 0 Å². The smallest absolute Gasteiger partial charge is 0.182 e. The number of aromatic nitrogens is 4. The largest absolute Gasteiger partial charge is 0.461 e. The molecule has 3 aliphatic rings. The van der Waals surface area contributed by atoms with E-state index in [1.807, 2.05) is 48.5 Å². The molecular formula is C45H30N4O. The lowest BCUT2D eigenvalue weighted by Crippen LogP contribution is -2.35. The van der Waals surface area contributed by atoms with Gasteiger partial charge in [0.25, 0.3) is 0 Å². The van der Waals surface area contributed by atoms with E-state index in [1.165, 1.54) is 39.0 Å². The highest BCUT2D eigenvalue weighted by molar-refractivity contribution is 5.89. The highest BCUT2D eigenvalue weighted by atomic mass is 16.5. The molecule has 2 aliphatic carbocycles. The second-order valence-corrected chi connectivity index (χ2v) is 12.9. The van der Waals surface area contributed by atoms with Gasteiger partial charge in [0, 0.05) is 34.9 Å². The maximum atomic E-state index is 6.74. The summed E-state index contributed by atoms with van der Waals surface area (Å²) >= 11 is 0. The average molecular weight is 643 g/mol. The van der Waals surface area contributed by atoms with Crippen LogP contribution in [0.5, 0.6) is 5.75 Å². The summed E-state index contributed by atoms with van der Waals surface area (Å²) in [6.07, 6.45) is 5.82. The van der Waals surface area contributed by atoms with E-state index in [0.29, 0.717) is 23.2 Å². The first kappa shape index (κ1) is 28.5. The van der Waals surface area contributed by atoms with E-state index < -0.39 is 5.41 Å². The molecular weight excluding hydrogens is 613 g/mol. The monoisotopic (exact) mass is 642 g/mol. The Morgan fingerprint density at radius 1 is 0.500 bits per heavy atom. The maximum absolute atomic E-state index is 6.74. The van der Waals surface area contributed by atoms with E-state index in [4.69, 9.17) is 19.7 Å². The molecule has 5 aromatic carbocycles. The minimum absolute atomic E-state index is 0.475. The van der Waals surface area contributed by atoms with Crippen molar-refractivity contribution in [2.75, 3.05) is 0 Å². The van der Waals surface area contributed by atoms with Gasteiger partial charge in [0.2, 0.25) is 0 Å². The van der Waals surface area contributed by atoms with Crippen molar-refractivity contribution in [1.29, 1.82) is 0 Å². The van der Waals surface area contributed by atoms with Gasteiger partial charge in [0.05, 0.1) is 5.41 Å². The molecule has 10 rings (SSSR count). The van der Waals surface area contributed by atoms with Crippen LogP contribution in [-0.4, -0.2) is 19.9 Å². The Hall–Kier alpha value is -6.46. The zero-order valence-corrected chi connectivity index (χ0v) is 27.1. The van der Waals surface area contributed by atoms with Crippen LogP contribution in [0.25, 0.3) is 51.0 Å². The predicted molar refractivity (Wildman–Crippen MR) is 197 cm³/mol. The lowest BCUT2D eigenvalue weighted by Gasteiger charge is -2.42. The second-order valence-electron chi connectivity index (χ2n) is 12.9. The van der Waals surface area contributed by atoms with Crippen LogP contribution in [-0.2, 0) is 5.41 Å². The van der Waals surface area contributed by atoms with Gasteiger partial charge < -0.3 is 4.74 Å². The third kappa shape index (κ3) is 4.33. The quantitative estimate of drug-likeness (QED) is 0.191. The van der Waals surface area contributed by atoms with Gasteiger partial charge in [0.1, 0.15) is 17.2 Å². The number of hydrogen-bond donors (Lipinski definition) is 0. The van der Waals surface area contributed by atoms with Gasteiger partial charge in [0.15, 0.2) is 17.5 Å². The molecule has 0 saturated heterocycles. The van der Waals surface area contributed by atoms with Gasteiger partial charge >= 0.3 is 0 Å². The Kier molecular flexibility index (Phi) is 6.46. The van der Waals surface area contributed by atoms with Crippen LogP contribution >= 0.6 is 0 Å². The molecule has 5 heteroatoms. The Bertz CT molecular complexity index is 2420. The summed E-state index contributed by atoms with van der Waals surface area (Å²) in [4.78, 5) is 19.3. The summed E-state index contributed by atoms with van der Waals surface area (Å²) in [5.41, 5.74) is 12.1. The van der Waals surface area contributed by atoms with Gasteiger partial charge in [-0.25, -0.2) is 15.0 Å². The number of benzene rings is 5. The zero-order valence-electron chi connectivity index (χ0n) is 27.1. The van der Waals surface area contributed by atoms with Gasteiger partial charge in [-0.05, 0) is 64.1 Å². The van der Waals surface area contributed by atoms with Crippen LogP contribution in [0.4, 0.5) is 0 Å². The van der Waals surface area contributed by atoms with Crippen LogP contribution in [0.2, 0.25) is 0 Å². The number of allylic oxidation sites excluding steroid dienone is 4. The summed E-state index contributed by atoms with van der Waals surface area (Å²) < 4.78 is 6.74. The molecule has 0 fully saturated rings. The molecule has 0 amide bonds. The molecule has 0 bridgehead atoms. The number of rotatable bonds is 4. The van der Waals surface area contributed by atoms with Crippen molar-refractivity contribution < 1.29 is 4.74 Å². The van der Waals surface area contributed by atoms with Gasteiger partial charge in [-0.3, -0.25) is 4.98 Å². The molecule has 1 spiro atoms. The van der Waals surface area contributed by atoms with Crippen molar-refractivity contribution in [2.45, 2.75) is 18.3 Å². The molecule has 5 nitrogen and oxygen atoms in total. The summed E-state index contributed by atoms with van der Waals surface area (Å²) in [5.74, 6) is 3.75. The fourth-order valence-corrected chi connectivity index (χ4v) is 8.01. The van der Waals surface area contributed by atoms with Crippen molar-refractivity contribution >= 4 is 5.57 Å². The number of nitrogens with zero attached hydrogens (tertiary/aromatic N) is 4. The summed E-state index contributed by atoms with van der Waals surface area (Å²) in [5, 5.41) is 0. The van der Waals surface area contributed by atoms with Crippen LogP contribution < -0.4 is 4.74 Å². The molecule has 2 aromatic heterocycles. The Morgan fingerprint density at radius 2 is 1.12 bits per heavy atom. The molecule has 7 aromatic rings. The van der Waals surface area contributed by atoms with E-state index in [1.54, 1.807) is 6.20 Å². The number of fused-ring (bicyclic) bond motifs is 8. The van der Waals surface area contributed by atoms with Crippen LogP contribution in [0, 0.1) is 0 Å². The van der Waals surface area contributed by atoms with E-state index in [0.717, 1.165) is 41.0 Å². The fourth-order valence-electron chi connectivity index (χ4n) is 8.01. The normalized spacial score (nSPS) is 15.0. The van der Waals surface area contributed by atoms with Gasteiger partial charge in [-0.1, -0.05) is 127 Å². The Labute approximate surface area is 290 Å². The highest BCUT2D eigenvalue weighted by Gasteiger charge is 2.52. The molecule has 3 heterocycles. The summed E-state index contributed by atoms with van der Waals surface area (Å²) in [6, 6.07) is 50.7. The molecule has 0 N–H and O–H groups in total. The van der Waals surface area contributed by atoms with E-state index >= 15 is 0 Å². The minimum atomic E-state index is -0.475. The zero-order chi connectivity index (χ0) is 33.1. The topological polar surface area (TPSA) is 60.8 Å². The first-order valence-corrected chi connectivity index (χ1v) is 17.0. The van der Waals surface area contributed by atoms with Crippen LogP contribution in [0.3, 0.4) is 0 Å². The third-order valence-corrected chi connectivity index (χ3v) is 10.2. The lowest BCUT2D eigenvalue weighted by molar-refractivity contribution is 0.365. The Morgan fingerprint density at radius 3 is 1.88 bits per heavy atom. The van der Waals surface area contributed by atoms with Crippen molar-refractivity contribution in [2.24, 2.45) is 0 Å². The Balaban J connectivity index is 1.14. The number of ether oxygens (including phenoxy) is 1. The number of pyridine rings is 1. The maximum Gasteiger partial charge on any atom is 0.182 e. The van der Waals surface area contributed by atoms with Crippen LogP contribution in [0.1, 0.15) is 35.1 Å². The summed E-state index contributed by atoms with van der Waals surface area (Å²) in [6.45, 7) is 0. The SMILES string of the molecule is C1=C(c2cccc(-c3nc(-c4ccccc4)nc(-c4ccccn4)n3)c2)CCC2=C1C1(c3ccccc3O2)c2ccccc2-c2ccccc21. The third-order valence-electron chi connectivity index (χ3n) is 10.2. The van der Waals surface area contributed by atoms with E-state index in [9.17, 15) is 0 Å². The van der Waals surface area contributed by atoms with Gasteiger partial charge in [-0.2, -0.15) is 0 Å².